The molecule has 1 amide bonds. The van der Waals surface area contributed by atoms with E-state index < -0.39 is 0 Å². The quantitative estimate of drug-likeness (QED) is 0.782. The van der Waals surface area contributed by atoms with Gasteiger partial charge in [0.05, 0.1) is 13.2 Å². The molecule has 3 rings (SSSR count). The minimum atomic E-state index is -0.208. The number of aromatic nitrogens is 2. The van der Waals surface area contributed by atoms with E-state index in [4.69, 9.17) is 4.74 Å². The molecule has 2 aliphatic heterocycles. The first-order valence-electron chi connectivity index (χ1n) is 8.25. The third kappa shape index (κ3) is 3.30. The molecule has 7 nitrogen and oxygen atoms in total. The van der Waals surface area contributed by atoms with E-state index in [-0.39, 0.29) is 11.5 Å². The van der Waals surface area contributed by atoms with Crippen LogP contribution in [0.4, 0.5) is 0 Å². The van der Waals surface area contributed by atoms with Crippen LogP contribution in [0.2, 0.25) is 0 Å². The summed E-state index contributed by atoms with van der Waals surface area (Å²) in [5.74, 6) is 0.388. The molecule has 0 unspecified atom stereocenters. The second-order valence-electron chi connectivity index (χ2n) is 6.27. The Balaban J connectivity index is 1.74. The van der Waals surface area contributed by atoms with Crippen molar-refractivity contribution >= 4 is 5.91 Å². The van der Waals surface area contributed by atoms with Crippen molar-refractivity contribution in [2.75, 3.05) is 39.4 Å². The number of aryl methyl sites for hydroxylation is 1. The topological polar surface area (TPSA) is 67.7 Å². The van der Waals surface area contributed by atoms with Crippen LogP contribution in [0.15, 0.2) is 16.9 Å². The fourth-order valence-electron chi connectivity index (χ4n) is 3.52. The van der Waals surface area contributed by atoms with E-state index in [0.29, 0.717) is 17.7 Å². The van der Waals surface area contributed by atoms with E-state index >= 15 is 0 Å². The molecule has 2 saturated heterocycles. The molecule has 0 aromatic carbocycles. The van der Waals surface area contributed by atoms with Crippen molar-refractivity contribution < 1.29 is 9.53 Å². The van der Waals surface area contributed by atoms with Crippen LogP contribution in [0.5, 0.6) is 0 Å². The number of nitrogens with zero attached hydrogens (tertiary/aromatic N) is 4. The zero-order chi connectivity index (χ0) is 16.4. The maximum absolute atomic E-state index is 12.7. The number of hydrogen-bond donors (Lipinski definition) is 0. The summed E-state index contributed by atoms with van der Waals surface area (Å²) in [6.45, 7) is 7.05. The van der Waals surface area contributed by atoms with Crippen molar-refractivity contribution in [3.63, 3.8) is 0 Å². The number of hydrogen-bond acceptors (Lipinski definition) is 5. The summed E-state index contributed by atoms with van der Waals surface area (Å²) in [4.78, 5) is 28.5. The van der Waals surface area contributed by atoms with Crippen molar-refractivity contribution in [2.24, 2.45) is 13.0 Å². The molecule has 0 saturated carbocycles. The van der Waals surface area contributed by atoms with Crippen molar-refractivity contribution in [1.29, 1.82) is 0 Å². The maximum Gasteiger partial charge on any atom is 0.274 e. The van der Waals surface area contributed by atoms with Crippen LogP contribution >= 0.6 is 0 Å². The van der Waals surface area contributed by atoms with Gasteiger partial charge in [-0.25, -0.2) is 4.68 Å². The zero-order valence-corrected chi connectivity index (χ0v) is 13.8. The van der Waals surface area contributed by atoms with Crippen LogP contribution in [0.3, 0.4) is 0 Å². The van der Waals surface area contributed by atoms with Crippen molar-refractivity contribution in [3.05, 3.63) is 28.2 Å². The molecule has 0 aliphatic carbocycles. The largest absolute Gasteiger partial charge is 0.379 e. The summed E-state index contributed by atoms with van der Waals surface area (Å²) in [5.41, 5.74) is 0.130. The fraction of sp³-hybridized carbons (Fsp3) is 0.688. The van der Waals surface area contributed by atoms with Crippen molar-refractivity contribution in [3.8, 4) is 0 Å². The second kappa shape index (κ2) is 6.80. The molecule has 1 aromatic heterocycles. The second-order valence-corrected chi connectivity index (χ2v) is 6.27. The third-order valence-corrected chi connectivity index (χ3v) is 4.91. The normalized spacial score (nSPS) is 25.7. The Hall–Kier alpha value is -1.73. The van der Waals surface area contributed by atoms with Crippen LogP contribution in [-0.2, 0) is 11.8 Å². The minimum Gasteiger partial charge on any atom is -0.379 e. The Bertz CT molecular complexity index is 624. The number of rotatable bonds is 3. The summed E-state index contributed by atoms with van der Waals surface area (Å²) in [6, 6.07) is 3.31. The molecule has 2 fully saturated rings. The van der Waals surface area contributed by atoms with Gasteiger partial charge in [-0.15, -0.1) is 0 Å². The van der Waals surface area contributed by atoms with Gasteiger partial charge in [0.25, 0.3) is 11.5 Å². The van der Waals surface area contributed by atoms with Gasteiger partial charge >= 0.3 is 0 Å². The van der Waals surface area contributed by atoms with Crippen LogP contribution in [0, 0.1) is 5.92 Å². The van der Waals surface area contributed by atoms with E-state index in [2.05, 4.69) is 16.9 Å². The van der Waals surface area contributed by atoms with E-state index in [1.54, 1.807) is 7.05 Å². The SMILES string of the molecule is CC[C@H]1CN(C(=O)c2ccc(=O)n(C)n2)C[C@@H]1N1CCOCC1. The third-order valence-electron chi connectivity index (χ3n) is 4.91. The van der Waals surface area contributed by atoms with Crippen molar-refractivity contribution in [2.45, 2.75) is 19.4 Å². The summed E-state index contributed by atoms with van der Waals surface area (Å²) in [6.07, 6.45) is 1.05. The van der Waals surface area contributed by atoms with E-state index in [0.717, 1.165) is 45.8 Å². The van der Waals surface area contributed by atoms with Gasteiger partial charge in [0, 0.05) is 45.3 Å². The lowest BCUT2D eigenvalue weighted by Gasteiger charge is -2.34. The van der Waals surface area contributed by atoms with Gasteiger partial charge in [0.15, 0.2) is 0 Å². The molecule has 0 N–H and O–H groups in total. The Morgan fingerprint density at radius 2 is 2.04 bits per heavy atom. The lowest BCUT2D eigenvalue weighted by Crippen LogP contribution is -2.47. The maximum atomic E-state index is 12.7. The van der Waals surface area contributed by atoms with Gasteiger partial charge in [0.2, 0.25) is 0 Å². The highest BCUT2D eigenvalue weighted by molar-refractivity contribution is 5.92. The Kier molecular flexibility index (Phi) is 4.77. The van der Waals surface area contributed by atoms with E-state index in [1.165, 1.54) is 16.8 Å². The first-order valence-corrected chi connectivity index (χ1v) is 8.25. The number of carbonyl (C=O) groups is 1. The fourth-order valence-corrected chi connectivity index (χ4v) is 3.52. The van der Waals surface area contributed by atoms with Crippen LogP contribution in [-0.4, -0.2) is 70.9 Å². The molecule has 0 bridgehead atoms. The first-order chi connectivity index (χ1) is 11.1. The molecule has 126 valence electrons. The van der Waals surface area contributed by atoms with Crippen LogP contribution in [0.25, 0.3) is 0 Å². The number of amides is 1. The molecule has 3 heterocycles. The number of likely N-dealkylation sites (tertiary alicyclic amines) is 1. The van der Waals surface area contributed by atoms with Gasteiger partial charge < -0.3 is 9.64 Å². The lowest BCUT2D eigenvalue weighted by molar-refractivity contribution is 0.0102. The monoisotopic (exact) mass is 320 g/mol. The number of carbonyl (C=O) groups excluding carboxylic acids is 1. The average Bonchev–Trinajstić information content (AvgIpc) is 3.02. The molecule has 7 heteroatoms. The lowest BCUT2D eigenvalue weighted by atomic mass is 9.99. The summed E-state index contributed by atoms with van der Waals surface area (Å²) < 4.78 is 6.64. The highest BCUT2D eigenvalue weighted by Gasteiger charge is 2.38. The van der Waals surface area contributed by atoms with Gasteiger partial charge in [-0.2, -0.15) is 5.10 Å². The molecular formula is C16H24N4O3. The standard InChI is InChI=1S/C16H24N4O3/c1-3-12-10-20(11-14(12)19-6-8-23-9-7-19)16(22)13-4-5-15(21)18(2)17-13/h4-5,12,14H,3,6-11H2,1-2H3/t12-,14-/m0/s1. The Morgan fingerprint density at radius 1 is 1.30 bits per heavy atom. The summed E-state index contributed by atoms with van der Waals surface area (Å²) >= 11 is 0. The molecular weight excluding hydrogens is 296 g/mol. The van der Waals surface area contributed by atoms with Crippen LogP contribution < -0.4 is 5.56 Å². The highest BCUT2D eigenvalue weighted by atomic mass is 16.5. The predicted molar refractivity (Wildman–Crippen MR) is 85.3 cm³/mol. The molecule has 0 radical (unpaired) electrons. The minimum absolute atomic E-state index is 0.0881. The number of morpholine rings is 1. The highest BCUT2D eigenvalue weighted by Crippen LogP contribution is 2.26. The van der Waals surface area contributed by atoms with E-state index in [1.807, 2.05) is 4.90 Å². The predicted octanol–water partition coefficient (Wildman–Crippen LogP) is -0.0369. The molecule has 1 aromatic rings. The van der Waals surface area contributed by atoms with Gasteiger partial charge in [-0.1, -0.05) is 13.3 Å². The van der Waals surface area contributed by atoms with E-state index in [9.17, 15) is 9.59 Å². The van der Waals surface area contributed by atoms with Gasteiger partial charge in [0.1, 0.15) is 5.69 Å². The van der Waals surface area contributed by atoms with Gasteiger partial charge in [-0.3, -0.25) is 14.5 Å². The first kappa shape index (κ1) is 16.1. The Labute approximate surface area is 135 Å². The molecule has 23 heavy (non-hydrogen) atoms. The summed E-state index contributed by atoms with van der Waals surface area (Å²) in [7, 11) is 1.56. The summed E-state index contributed by atoms with van der Waals surface area (Å²) in [5, 5.41) is 4.09. The molecule has 0 spiro atoms. The van der Waals surface area contributed by atoms with Crippen molar-refractivity contribution in [1.82, 2.24) is 19.6 Å². The smallest absolute Gasteiger partial charge is 0.274 e. The number of ether oxygens (including phenoxy) is 1. The van der Waals surface area contributed by atoms with Gasteiger partial charge in [-0.05, 0) is 12.0 Å². The van der Waals surface area contributed by atoms with Crippen LogP contribution in [0.1, 0.15) is 23.8 Å². The molecule has 2 aliphatic rings. The molecule has 2 atom stereocenters. The average molecular weight is 320 g/mol. The zero-order valence-electron chi connectivity index (χ0n) is 13.8. The Morgan fingerprint density at radius 3 is 2.70 bits per heavy atom.